The monoisotopic (exact) mass is 345 g/mol. The SMILES string of the molecule is COC(=O)CCCN(C)C(=O)C=Cc1ccc(Br)s1. The van der Waals surface area contributed by atoms with Crippen molar-refractivity contribution in [3.05, 3.63) is 26.9 Å². The molecule has 1 amide bonds. The molecule has 104 valence electrons. The summed E-state index contributed by atoms with van der Waals surface area (Å²) in [6.45, 7) is 0.534. The maximum absolute atomic E-state index is 11.8. The van der Waals surface area contributed by atoms with Crippen LogP contribution in [0.5, 0.6) is 0 Å². The van der Waals surface area contributed by atoms with E-state index in [0.717, 1.165) is 8.66 Å². The van der Waals surface area contributed by atoms with Crippen LogP contribution in [0.3, 0.4) is 0 Å². The van der Waals surface area contributed by atoms with Crippen LogP contribution in [0.25, 0.3) is 6.08 Å². The number of amides is 1. The van der Waals surface area contributed by atoms with E-state index in [0.29, 0.717) is 19.4 Å². The average molecular weight is 346 g/mol. The standard InChI is InChI=1S/C13H16BrNO3S/c1-15(9-3-4-13(17)18-2)12(16)8-6-10-5-7-11(14)19-10/h5-8H,3-4,9H2,1-2H3. The molecule has 0 saturated carbocycles. The Morgan fingerprint density at radius 2 is 2.21 bits per heavy atom. The topological polar surface area (TPSA) is 46.6 Å². The number of carbonyl (C=O) groups is 2. The summed E-state index contributed by atoms with van der Waals surface area (Å²) < 4.78 is 5.57. The van der Waals surface area contributed by atoms with Crippen molar-refractivity contribution in [3.8, 4) is 0 Å². The van der Waals surface area contributed by atoms with Crippen LogP contribution < -0.4 is 0 Å². The third kappa shape index (κ3) is 6.02. The minimum atomic E-state index is -0.250. The molecule has 0 unspecified atom stereocenters. The fraction of sp³-hybridized carbons (Fsp3) is 0.385. The Bertz CT molecular complexity index is 470. The first-order chi connectivity index (χ1) is 9.02. The number of esters is 1. The molecule has 0 aliphatic heterocycles. The highest BCUT2D eigenvalue weighted by Crippen LogP contribution is 2.22. The van der Waals surface area contributed by atoms with Gasteiger partial charge in [0.2, 0.25) is 5.91 Å². The molecule has 19 heavy (non-hydrogen) atoms. The first-order valence-electron chi connectivity index (χ1n) is 5.78. The summed E-state index contributed by atoms with van der Waals surface area (Å²) in [6.07, 6.45) is 4.26. The molecular weight excluding hydrogens is 330 g/mol. The van der Waals surface area contributed by atoms with E-state index >= 15 is 0 Å². The smallest absolute Gasteiger partial charge is 0.305 e. The third-order valence-electron chi connectivity index (χ3n) is 2.46. The van der Waals surface area contributed by atoms with Crippen LogP contribution in [0.4, 0.5) is 0 Å². The van der Waals surface area contributed by atoms with E-state index in [1.807, 2.05) is 12.1 Å². The molecule has 0 aromatic carbocycles. The molecular formula is C13H16BrNO3S. The minimum Gasteiger partial charge on any atom is -0.469 e. The van der Waals surface area contributed by atoms with Gasteiger partial charge in [-0.15, -0.1) is 11.3 Å². The molecule has 1 heterocycles. The van der Waals surface area contributed by atoms with Gasteiger partial charge in [-0.05, 0) is 40.6 Å². The highest BCUT2D eigenvalue weighted by molar-refractivity contribution is 9.11. The van der Waals surface area contributed by atoms with Gasteiger partial charge in [-0.1, -0.05) is 0 Å². The van der Waals surface area contributed by atoms with Crippen molar-refractivity contribution in [1.82, 2.24) is 4.90 Å². The Kier molecular flexibility index (Phi) is 6.80. The predicted molar refractivity (Wildman–Crippen MR) is 79.9 cm³/mol. The molecule has 1 aromatic rings. The van der Waals surface area contributed by atoms with E-state index in [2.05, 4.69) is 20.7 Å². The van der Waals surface area contributed by atoms with Crippen LogP contribution in [0.2, 0.25) is 0 Å². The molecule has 0 radical (unpaired) electrons. The second-order valence-electron chi connectivity index (χ2n) is 3.91. The van der Waals surface area contributed by atoms with Crippen LogP contribution in [-0.4, -0.2) is 37.5 Å². The quantitative estimate of drug-likeness (QED) is 0.588. The van der Waals surface area contributed by atoms with Crippen molar-refractivity contribution in [2.24, 2.45) is 0 Å². The Morgan fingerprint density at radius 1 is 1.47 bits per heavy atom. The third-order valence-corrected chi connectivity index (χ3v) is 4.05. The van der Waals surface area contributed by atoms with E-state index in [4.69, 9.17) is 0 Å². The molecule has 0 aliphatic carbocycles. The van der Waals surface area contributed by atoms with E-state index < -0.39 is 0 Å². The minimum absolute atomic E-state index is 0.0746. The van der Waals surface area contributed by atoms with Crippen molar-refractivity contribution in [3.63, 3.8) is 0 Å². The summed E-state index contributed by atoms with van der Waals surface area (Å²) in [5.41, 5.74) is 0. The summed E-state index contributed by atoms with van der Waals surface area (Å²) in [7, 11) is 3.08. The van der Waals surface area contributed by atoms with Crippen molar-refractivity contribution in [1.29, 1.82) is 0 Å². The molecule has 0 bridgehead atoms. The van der Waals surface area contributed by atoms with Gasteiger partial charge in [0.15, 0.2) is 0 Å². The number of nitrogens with zero attached hydrogens (tertiary/aromatic N) is 1. The van der Waals surface area contributed by atoms with Gasteiger partial charge in [0.1, 0.15) is 0 Å². The lowest BCUT2D eigenvalue weighted by Crippen LogP contribution is -2.26. The van der Waals surface area contributed by atoms with E-state index in [1.165, 1.54) is 13.2 Å². The van der Waals surface area contributed by atoms with Crippen molar-refractivity contribution < 1.29 is 14.3 Å². The number of hydrogen-bond donors (Lipinski definition) is 0. The summed E-state index contributed by atoms with van der Waals surface area (Å²) in [6, 6.07) is 3.88. The maximum Gasteiger partial charge on any atom is 0.305 e. The van der Waals surface area contributed by atoms with Crippen LogP contribution in [-0.2, 0) is 14.3 Å². The van der Waals surface area contributed by atoms with Crippen LogP contribution in [0, 0.1) is 0 Å². The Morgan fingerprint density at radius 3 is 2.79 bits per heavy atom. The summed E-state index contributed by atoms with van der Waals surface area (Å²) in [4.78, 5) is 25.3. The zero-order valence-electron chi connectivity index (χ0n) is 10.9. The first-order valence-corrected chi connectivity index (χ1v) is 7.39. The summed E-state index contributed by atoms with van der Waals surface area (Å²) in [5, 5.41) is 0. The van der Waals surface area contributed by atoms with Gasteiger partial charge in [0, 0.05) is 31.0 Å². The van der Waals surface area contributed by atoms with Crippen LogP contribution in [0.15, 0.2) is 22.0 Å². The van der Waals surface area contributed by atoms with Gasteiger partial charge in [-0.25, -0.2) is 0 Å². The Balaban J connectivity index is 2.36. The molecule has 4 nitrogen and oxygen atoms in total. The van der Waals surface area contributed by atoms with Crippen molar-refractivity contribution >= 4 is 45.2 Å². The second-order valence-corrected chi connectivity index (χ2v) is 6.41. The number of halogens is 1. The van der Waals surface area contributed by atoms with Crippen LogP contribution in [0.1, 0.15) is 17.7 Å². The zero-order chi connectivity index (χ0) is 14.3. The number of likely N-dealkylation sites (N-methyl/N-ethyl adjacent to an activating group) is 1. The summed E-state index contributed by atoms with van der Waals surface area (Å²) in [5.74, 6) is -0.325. The fourth-order valence-electron chi connectivity index (χ4n) is 1.37. The molecule has 6 heteroatoms. The first kappa shape index (κ1) is 15.9. The fourth-order valence-corrected chi connectivity index (χ4v) is 2.70. The van der Waals surface area contributed by atoms with E-state index in [-0.39, 0.29) is 11.9 Å². The normalized spacial score (nSPS) is 10.7. The van der Waals surface area contributed by atoms with E-state index in [1.54, 1.807) is 29.4 Å². The molecule has 0 atom stereocenters. The van der Waals surface area contributed by atoms with Gasteiger partial charge in [0.25, 0.3) is 0 Å². The van der Waals surface area contributed by atoms with Crippen LogP contribution >= 0.6 is 27.3 Å². The van der Waals surface area contributed by atoms with Gasteiger partial charge >= 0.3 is 5.97 Å². The van der Waals surface area contributed by atoms with Gasteiger partial charge in [0.05, 0.1) is 10.9 Å². The van der Waals surface area contributed by atoms with E-state index in [9.17, 15) is 9.59 Å². The van der Waals surface area contributed by atoms with Gasteiger partial charge in [-0.3, -0.25) is 9.59 Å². The number of thiophene rings is 1. The molecule has 0 spiro atoms. The largest absolute Gasteiger partial charge is 0.469 e. The number of rotatable bonds is 6. The van der Waals surface area contributed by atoms with Crippen molar-refractivity contribution in [2.45, 2.75) is 12.8 Å². The lowest BCUT2D eigenvalue weighted by molar-refractivity contribution is -0.141. The molecule has 1 aromatic heterocycles. The number of carbonyl (C=O) groups excluding carboxylic acids is 2. The highest BCUT2D eigenvalue weighted by Gasteiger charge is 2.06. The lowest BCUT2D eigenvalue weighted by atomic mass is 10.3. The molecule has 0 aliphatic rings. The second kappa shape index (κ2) is 8.12. The average Bonchev–Trinajstić information content (AvgIpc) is 2.81. The van der Waals surface area contributed by atoms with Gasteiger partial charge < -0.3 is 9.64 Å². The zero-order valence-corrected chi connectivity index (χ0v) is 13.3. The molecule has 1 rings (SSSR count). The highest BCUT2D eigenvalue weighted by atomic mass is 79.9. The number of hydrogen-bond acceptors (Lipinski definition) is 4. The molecule has 0 fully saturated rings. The van der Waals surface area contributed by atoms with Gasteiger partial charge in [-0.2, -0.15) is 0 Å². The molecule has 0 saturated heterocycles. The Hall–Kier alpha value is -1.14. The molecule has 0 N–H and O–H groups in total. The summed E-state index contributed by atoms with van der Waals surface area (Å²) >= 11 is 4.93. The van der Waals surface area contributed by atoms with Crippen molar-refractivity contribution in [2.75, 3.05) is 20.7 Å². The lowest BCUT2D eigenvalue weighted by Gasteiger charge is -2.14. The predicted octanol–water partition coefficient (Wildman–Crippen LogP) is 2.94. The number of methoxy groups -OCH3 is 1. The Labute approximate surface area is 125 Å². The maximum atomic E-state index is 11.8. The number of ether oxygens (including phenoxy) is 1.